The van der Waals surface area contributed by atoms with Gasteiger partial charge in [-0.1, -0.05) is 6.07 Å². The van der Waals surface area contributed by atoms with Gasteiger partial charge < -0.3 is 19.9 Å². The molecule has 2 N–H and O–H groups in total. The predicted octanol–water partition coefficient (Wildman–Crippen LogP) is 2.37. The van der Waals surface area contributed by atoms with Crippen molar-refractivity contribution in [3.8, 4) is 5.75 Å². The lowest BCUT2D eigenvalue weighted by Crippen LogP contribution is -2.32. The van der Waals surface area contributed by atoms with Crippen LogP contribution in [0.15, 0.2) is 40.5 Å². The molecule has 4 rings (SSSR count). The molecular formula is C20H20N4O4S. The number of ether oxygens (including phenoxy) is 1. The Balaban J connectivity index is 1.33. The molecule has 0 spiro atoms. The van der Waals surface area contributed by atoms with Crippen molar-refractivity contribution in [2.75, 3.05) is 19.0 Å². The van der Waals surface area contributed by atoms with Crippen LogP contribution in [0.1, 0.15) is 18.7 Å². The molecule has 1 fully saturated rings. The number of amides is 2. The number of thiophene rings is 1. The zero-order valence-corrected chi connectivity index (χ0v) is 16.6. The van der Waals surface area contributed by atoms with E-state index in [0.717, 1.165) is 12.8 Å². The molecule has 2 heterocycles. The first-order valence-electron chi connectivity index (χ1n) is 9.23. The summed E-state index contributed by atoms with van der Waals surface area (Å²) in [5, 5.41) is 4.66. The number of nitrogens with one attached hydrogen (secondary N) is 2. The normalized spacial score (nSPS) is 13.3. The first kappa shape index (κ1) is 19.1. The van der Waals surface area contributed by atoms with E-state index in [1.807, 2.05) is 0 Å². The first-order valence-corrected chi connectivity index (χ1v) is 10.1. The Morgan fingerprint density at radius 2 is 2.17 bits per heavy atom. The van der Waals surface area contributed by atoms with E-state index in [-0.39, 0.29) is 36.4 Å². The number of carbonyl (C=O) groups is 2. The lowest BCUT2D eigenvalue weighted by atomic mass is 10.3. The molecule has 29 heavy (non-hydrogen) atoms. The van der Waals surface area contributed by atoms with Crippen molar-refractivity contribution < 1.29 is 14.3 Å². The van der Waals surface area contributed by atoms with Gasteiger partial charge in [-0.15, -0.1) is 11.3 Å². The Morgan fingerprint density at radius 3 is 2.97 bits per heavy atom. The van der Waals surface area contributed by atoms with Crippen molar-refractivity contribution in [3.05, 3.63) is 51.9 Å². The summed E-state index contributed by atoms with van der Waals surface area (Å²) >= 11 is 1.33. The first-order chi connectivity index (χ1) is 14.0. The van der Waals surface area contributed by atoms with Crippen LogP contribution in [0.5, 0.6) is 5.75 Å². The number of benzene rings is 1. The van der Waals surface area contributed by atoms with Crippen LogP contribution >= 0.6 is 11.3 Å². The van der Waals surface area contributed by atoms with Gasteiger partial charge in [-0.25, -0.2) is 4.98 Å². The highest BCUT2D eigenvalue weighted by Gasteiger charge is 2.29. The molecule has 0 bridgehead atoms. The summed E-state index contributed by atoms with van der Waals surface area (Å²) in [6, 6.07) is 8.74. The van der Waals surface area contributed by atoms with Crippen LogP contribution < -0.4 is 15.6 Å². The number of anilines is 1. The fourth-order valence-corrected chi connectivity index (χ4v) is 3.54. The molecule has 1 saturated carbocycles. The molecule has 8 nitrogen and oxygen atoms in total. The van der Waals surface area contributed by atoms with Gasteiger partial charge in [0.05, 0.1) is 12.1 Å². The quantitative estimate of drug-likeness (QED) is 0.620. The summed E-state index contributed by atoms with van der Waals surface area (Å²) in [6.45, 7) is 0.00214. The average molecular weight is 412 g/mol. The number of rotatable bonds is 7. The molecule has 1 aliphatic carbocycles. The third-order valence-electron chi connectivity index (χ3n) is 4.59. The molecule has 150 valence electrons. The standard InChI is InChI=1S/C20H20N4O4S/c1-24(10-16-22-15-7-8-29-18(15)20(27)23-16)17(25)11-28-14-4-2-3-13(9-14)21-19(26)12-5-6-12/h2-4,7-9,12H,5-6,10-11H2,1H3,(H,21,26)(H,22,23,27). The lowest BCUT2D eigenvalue weighted by molar-refractivity contribution is -0.132. The predicted molar refractivity (Wildman–Crippen MR) is 110 cm³/mol. The third-order valence-corrected chi connectivity index (χ3v) is 5.49. The highest BCUT2D eigenvalue weighted by molar-refractivity contribution is 7.17. The van der Waals surface area contributed by atoms with Crippen LogP contribution in [-0.4, -0.2) is 40.3 Å². The fraction of sp³-hybridized carbons (Fsp3) is 0.300. The van der Waals surface area contributed by atoms with Crippen LogP contribution in [0.3, 0.4) is 0 Å². The number of carbonyl (C=O) groups excluding carboxylic acids is 2. The largest absolute Gasteiger partial charge is 0.484 e. The highest BCUT2D eigenvalue weighted by Crippen LogP contribution is 2.30. The molecule has 1 aliphatic rings. The Labute approximate surface area is 170 Å². The number of aromatic amines is 1. The third kappa shape index (κ3) is 4.62. The molecule has 9 heteroatoms. The van der Waals surface area contributed by atoms with Crippen molar-refractivity contribution >= 4 is 39.1 Å². The van der Waals surface area contributed by atoms with E-state index in [4.69, 9.17) is 4.74 Å². The van der Waals surface area contributed by atoms with E-state index in [1.54, 1.807) is 42.8 Å². The van der Waals surface area contributed by atoms with Crippen molar-refractivity contribution in [3.63, 3.8) is 0 Å². The van der Waals surface area contributed by atoms with Gasteiger partial charge in [-0.05, 0) is 36.4 Å². The van der Waals surface area contributed by atoms with Crippen molar-refractivity contribution in [2.24, 2.45) is 5.92 Å². The van der Waals surface area contributed by atoms with Gasteiger partial charge in [-0.2, -0.15) is 0 Å². The molecule has 0 atom stereocenters. The summed E-state index contributed by atoms with van der Waals surface area (Å²) in [5.41, 5.74) is 1.06. The van der Waals surface area contributed by atoms with E-state index < -0.39 is 0 Å². The molecule has 2 amide bonds. The Hall–Kier alpha value is -3.20. The fourth-order valence-electron chi connectivity index (χ4n) is 2.82. The molecule has 2 aromatic heterocycles. The summed E-state index contributed by atoms with van der Waals surface area (Å²) < 4.78 is 6.14. The Bertz CT molecular complexity index is 1120. The number of nitrogens with zero attached hydrogens (tertiary/aromatic N) is 2. The average Bonchev–Trinajstić information content (AvgIpc) is 3.44. The number of fused-ring (bicyclic) bond motifs is 1. The summed E-state index contributed by atoms with van der Waals surface area (Å²) in [7, 11) is 1.62. The molecule has 1 aromatic carbocycles. The maximum absolute atomic E-state index is 12.4. The second kappa shape index (κ2) is 8.04. The van der Waals surface area contributed by atoms with Crippen molar-refractivity contribution in [1.29, 1.82) is 0 Å². The smallest absolute Gasteiger partial charge is 0.268 e. The summed E-state index contributed by atoms with van der Waals surface area (Å²) in [5.74, 6) is 0.781. The lowest BCUT2D eigenvalue weighted by Gasteiger charge is -2.17. The zero-order chi connectivity index (χ0) is 20.4. The zero-order valence-electron chi connectivity index (χ0n) is 15.8. The van der Waals surface area contributed by atoms with E-state index in [2.05, 4.69) is 15.3 Å². The molecule has 3 aromatic rings. The van der Waals surface area contributed by atoms with Crippen LogP contribution in [-0.2, 0) is 16.1 Å². The molecular weight excluding hydrogens is 392 g/mol. The highest BCUT2D eigenvalue weighted by atomic mass is 32.1. The van der Waals surface area contributed by atoms with Gasteiger partial charge in [0.2, 0.25) is 5.91 Å². The monoisotopic (exact) mass is 412 g/mol. The van der Waals surface area contributed by atoms with Crippen molar-refractivity contribution in [2.45, 2.75) is 19.4 Å². The van der Waals surface area contributed by atoms with Gasteiger partial charge >= 0.3 is 0 Å². The van der Waals surface area contributed by atoms with Gasteiger partial charge in [0, 0.05) is 24.7 Å². The number of H-pyrrole nitrogens is 1. The molecule has 0 aliphatic heterocycles. The van der Waals surface area contributed by atoms with E-state index in [1.165, 1.54) is 16.2 Å². The van der Waals surface area contributed by atoms with Gasteiger partial charge in [0.25, 0.3) is 11.5 Å². The number of likely N-dealkylation sites (N-methyl/N-ethyl adjacent to an activating group) is 1. The number of aromatic nitrogens is 2. The van der Waals surface area contributed by atoms with Crippen LogP contribution in [0, 0.1) is 5.92 Å². The van der Waals surface area contributed by atoms with Crippen LogP contribution in [0.4, 0.5) is 5.69 Å². The second-order valence-electron chi connectivity index (χ2n) is 6.98. The van der Waals surface area contributed by atoms with E-state index in [9.17, 15) is 14.4 Å². The van der Waals surface area contributed by atoms with Crippen LogP contribution in [0.2, 0.25) is 0 Å². The summed E-state index contributed by atoms with van der Waals surface area (Å²) in [4.78, 5) is 44.8. The minimum absolute atomic E-state index is 0.0158. The van der Waals surface area contributed by atoms with Crippen molar-refractivity contribution in [1.82, 2.24) is 14.9 Å². The van der Waals surface area contributed by atoms with E-state index in [0.29, 0.717) is 27.5 Å². The minimum atomic E-state index is -0.259. The molecule has 0 saturated heterocycles. The maximum Gasteiger partial charge on any atom is 0.268 e. The van der Waals surface area contributed by atoms with E-state index >= 15 is 0 Å². The maximum atomic E-state index is 12.4. The van der Waals surface area contributed by atoms with Gasteiger partial charge in [0.15, 0.2) is 6.61 Å². The Kier molecular flexibility index (Phi) is 5.30. The van der Waals surface area contributed by atoms with Gasteiger partial charge in [-0.3, -0.25) is 14.4 Å². The number of hydrogen-bond acceptors (Lipinski definition) is 6. The molecule has 0 radical (unpaired) electrons. The Morgan fingerprint density at radius 1 is 1.34 bits per heavy atom. The SMILES string of the molecule is CN(Cc1nc2ccsc2c(=O)[nH]1)C(=O)COc1cccc(NC(=O)C2CC2)c1. The minimum Gasteiger partial charge on any atom is -0.484 e. The number of hydrogen-bond donors (Lipinski definition) is 2. The van der Waals surface area contributed by atoms with Crippen LogP contribution in [0.25, 0.3) is 10.2 Å². The van der Waals surface area contributed by atoms with Gasteiger partial charge in [0.1, 0.15) is 16.3 Å². The summed E-state index contributed by atoms with van der Waals surface area (Å²) in [6.07, 6.45) is 1.87. The molecule has 0 unspecified atom stereocenters. The second-order valence-corrected chi connectivity index (χ2v) is 7.89. The topological polar surface area (TPSA) is 104 Å².